The van der Waals surface area contributed by atoms with Gasteiger partial charge in [-0.1, -0.05) is 24.3 Å². The van der Waals surface area contributed by atoms with E-state index in [-0.39, 0.29) is 17.3 Å². The van der Waals surface area contributed by atoms with Gasteiger partial charge in [0.05, 0.1) is 21.7 Å². The number of benzene rings is 2. The third-order valence-electron chi connectivity index (χ3n) is 3.81. The Morgan fingerprint density at radius 2 is 1.62 bits per heavy atom. The highest BCUT2D eigenvalue weighted by atomic mass is 32.2. The van der Waals surface area contributed by atoms with Gasteiger partial charge in [-0.25, -0.2) is 8.42 Å². The number of nitrogens with one attached hydrogen (secondary N) is 2. The molecule has 2 aromatic carbocycles. The zero-order chi connectivity index (χ0) is 18.9. The van der Waals surface area contributed by atoms with E-state index in [0.717, 1.165) is 25.0 Å². The summed E-state index contributed by atoms with van der Waals surface area (Å²) in [4.78, 5) is 11.3. The second-order valence-corrected chi connectivity index (χ2v) is 7.54. The van der Waals surface area contributed by atoms with Gasteiger partial charge in [-0.2, -0.15) is 13.2 Å². The summed E-state index contributed by atoms with van der Waals surface area (Å²) < 4.78 is 66.5. The first-order valence-electron chi connectivity index (χ1n) is 7.77. The highest BCUT2D eigenvalue weighted by molar-refractivity contribution is 7.92. The maximum atomic E-state index is 13.1. The zero-order valence-corrected chi connectivity index (χ0v) is 14.2. The zero-order valence-electron chi connectivity index (χ0n) is 13.4. The first kappa shape index (κ1) is 18.2. The summed E-state index contributed by atoms with van der Waals surface area (Å²) in [5.41, 5.74) is -1.30. The van der Waals surface area contributed by atoms with E-state index >= 15 is 0 Å². The fraction of sp³-hybridized carbons (Fsp3) is 0.235. The molecule has 2 aromatic rings. The molecule has 0 heterocycles. The van der Waals surface area contributed by atoms with Crippen molar-refractivity contribution in [3.05, 3.63) is 59.7 Å². The Balaban J connectivity index is 1.95. The summed E-state index contributed by atoms with van der Waals surface area (Å²) in [6, 6.07) is 9.70. The summed E-state index contributed by atoms with van der Waals surface area (Å²) in [5, 5.41) is 2.72. The fourth-order valence-corrected chi connectivity index (χ4v) is 3.70. The molecule has 5 nitrogen and oxygen atoms in total. The van der Waals surface area contributed by atoms with E-state index in [2.05, 4.69) is 10.0 Å². The standard InChI is InChI=1S/C17H15F3N2O3S/c18-17(19,20)13-6-2-4-8-15(13)26(24,25)22-14-7-3-1-5-12(14)16(23)21-11-9-10-11/h1-8,11,22H,9-10H2,(H,21,23). The predicted molar refractivity (Wildman–Crippen MR) is 89.2 cm³/mol. The second-order valence-electron chi connectivity index (χ2n) is 5.89. The molecule has 3 rings (SSSR count). The van der Waals surface area contributed by atoms with Crippen molar-refractivity contribution in [2.75, 3.05) is 4.72 Å². The number of hydrogen-bond acceptors (Lipinski definition) is 3. The van der Waals surface area contributed by atoms with Crippen LogP contribution in [0.5, 0.6) is 0 Å². The Bertz CT molecular complexity index is 938. The first-order chi connectivity index (χ1) is 12.2. The van der Waals surface area contributed by atoms with Crippen LogP contribution in [0.4, 0.5) is 18.9 Å². The van der Waals surface area contributed by atoms with E-state index in [1.807, 2.05) is 0 Å². The minimum absolute atomic E-state index is 0.0486. The van der Waals surface area contributed by atoms with Crippen molar-refractivity contribution in [3.63, 3.8) is 0 Å². The van der Waals surface area contributed by atoms with Crippen LogP contribution in [0.1, 0.15) is 28.8 Å². The maximum Gasteiger partial charge on any atom is 0.417 e. The highest BCUT2D eigenvalue weighted by Gasteiger charge is 2.37. The largest absolute Gasteiger partial charge is 0.417 e. The predicted octanol–water partition coefficient (Wildman–Crippen LogP) is 3.40. The molecular formula is C17H15F3N2O3S. The van der Waals surface area contributed by atoms with Crippen molar-refractivity contribution in [1.82, 2.24) is 5.32 Å². The van der Waals surface area contributed by atoms with Crippen LogP contribution in [0.2, 0.25) is 0 Å². The summed E-state index contributed by atoms with van der Waals surface area (Å²) in [7, 11) is -4.55. The number of carbonyl (C=O) groups excluding carboxylic acids is 1. The number of amides is 1. The molecule has 1 aliphatic carbocycles. The van der Waals surface area contributed by atoms with Crippen molar-refractivity contribution in [1.29, 1.82) is 0 Å². The smallest absolute Gasteiger partial charge is 0.349 e. The van der Waals surface area contributed by atoms with Crippen molar-refractivity contribution in [2.45, 2.75) is 30.0 Å². The fourth-order valence-electron chi connectivity index (χ4n) is 2.40. The molecule has 9 heteroatoms. The number of hydrogen-bond donors (Lipinski definition) is 2. The molecule has 1 aliphatic rings. The highest BCUT2D eigenvalue weighted by Crippen LogP contribution is 2.35. The van der Waals surface area contributed by atoms with Crippen molar-refractivity contribution >= 4 is 21.6 Å². The van der Waals surface area contributed by atoms with Gasteiger partial charge in [0.1, 0.15) is 0 Å². The van der Waals surface area contributed by atoms with Gasteiger partial charge < -0.3 is 5.32 Å². The van der Waals surface area contributed by atoms with Crippen LogP contribution in [0.15, 0.2) is 53.4 Å². The lowest BCUT2D eigenvalue weighted by Gasteiger charge is -2.16. The average molecular weight is 384 g/mol. The van der Waals surface area contributed by atoms with Gasteiger partial charge in [0.2, 0.25) is 0 Å². The molecule has 0 bridgehead atoms. The van der Waals surface area contributed by atoms with Crippen LogP contribution in [0.3, 0.4) is 0 Å². The van der Waals surface area contributed by atoms with Gasteiger partial charge >= 0.3 is 6.18 Å². The lowest BCUT2D eigenvalue weighted by molar-refractivity contribution is -0.139. The van der Waals surface area contributed by atoms with Gasteiger partial charge in [-0.05, 0) is 37.1 Å². The summed E-state index contributed by atoms with van der Waals surface area (Å²) in [6.45, 7) is 0. The average Bonchev–Trinajstić information content (AvgIpc) is 3.38. The van der Waals surface area contributed by atoms with E-state index in [9.17, 15) is 26.4 Å². The Kier molecular flexibility index (Phi) is 4.66. The van der Waals surface area contributed by atoms with Crippen LogP contribution < -0.4 is 10.0 Å². The van der Waals surface area contributed by atoms with Gasteiger partial charge in [0.25, 0.3) is 15.9 Å². The molecular weight excluding hydrogens is 369 g/mol. The maximum absolute atomic E-state index is 13.1. The minimum Gasteiger partial charge on any atom is -0.349 e. The molecule has 1 saturated carbocycles. The number of sulfonamides is 1. The molecule has 26 heavy (non-hydrogen) atoms. The molecule has 1 fully saturated rings. The number of carbonyl (C=O) groups is 1. The molecule has 1 amide bonds. The molecule has 0 saturated heterocycles. The van der Waals surface area contributed by atoms with Crippen LogP contribution >= 0.6 is 0 Å². The molecule has 0 aliphatic heterocycles. The lowest BCUT2D eigenvalue weighted by atomic mass is 10.1. The van der Waals surface area contributed by atoms with Crippen LogP contribution in [0.25, 0.3) is 0 Å². The second kappa shape index (κ2) is 6.64. The third kappa shape index (κ3) is 3.98. The molecule has 0 spiro atoms. The van der Waals surface area contributed by atoms with Gasteiger partial charge in [0, 0.05) is 6.04 Å². The van der Waals surface area contributed by atoms with E-state index in [1.54, 1.807) is 6.07 Å². The van der Waals surface area contributed by atoms with Crippen molar-refractivity contribution < 1.29 is 26.4 Å². The van der Waals surface area contributed by atoms with Crippen LogP contribution in [-0.2, 0) is 16.2 Å². The molecule has 2 N–H and O–H groups in total. The molecule has 0 atom stereocenters. The summed E-state index contributed by atoms with van der Waals surface area (Å²) >= 11 is 0. The number of rotatable bonds is 5. The normalized spacial score (nSPS) is 14.7. The van der Waals surface area contributed by atoms with E-state index in [0.29, 0.717) is 6.07 Å². The third-order valence-corrected chi connectivity index (χ3v) is 5.23. The first-order valence-corrected chi connectivity index (χ1v) is 9.26. The number of halogens is 3. The van der Waals surface area contributed by atoms with Gasteiger partial charge in [0.15, 0.2) is 0 Å². The van der Waals surface area contributed by atoms with E-state index in [1.165, 1.54) is 24.3 Å². The Labute approximate surface area is 148 Å². The molecule has 0 aromatic heterocycles. The minimum atomic E-state index is -4.83. The van der Waals surface area contributed by atoms with Crippen molar-refractivity contribution in [2.24, 2.45) is 0 Å². The SMILES string of the molecule is O=C(NC1CC1)c1ccccc1NS(=O)(=O)c1ccccc1C(F)(F)F. The number of alkyl halides is 3. The van der Waals surface area contributed by atoms with E-state index in [4.69, 9.17) is 0 Å². The van der Waals surface area contributed by atoms with Gasteiger partial charge in [-0.15, -0.1) is 0 Å². The molecule has 0 unspecified atom stereocenters. The number of anilines is 1. The lowest BCUT2D eigenvalue weighted by Crippen LogP contribution is -2.27. The quantitative estimate of drug-likeness (QED) is 0.830. The topological polar surface area (TPSA) is 75.3 Å². The Hall–Kier alpha value is -2.55. The summed E-state index contributed by atoms with van der Waals surface area (Å²) in [6.07, 6.45) is -3.13. The monoisotopic (exact) mass is 384 g/mol. The van der Waals surface area contributed by atoms with Crippen LogP contribution in [-0.4, -0.2) is 20.4 Å². The summed E-state index contributed by atoms with van der Waals surface area (Å²) in [5.74, 6) is -0.477. The Morgan fingerprint density at radius 3 is 2.27 bits per heavy atom. The Morgan fingerprint density at radius 1 is 1.00 bits per heavy atom. The van der Waals surface area contributed by atoms with Crippen LogP contribution in [0, 0.1) is 0 Å². The molecule has 138 valence electrons. The molecule has 0 radical (unpaired) electrons. The number of para-hydroxylation sites is 1. The van der Waals surface area contributed by atoms with Crippen molar-refractivity contribution in [3.8, 4) is 0 Å². The van der Waals surface area contributed by atoms with Gasteiger partial charge in [-0.3, -0.25) is 9.52 Å². The van der Waals surface area contributed by atoms with E-state index < -0.39 is 32.6 Å².